The quantitative estimate of drug-likeness (QED) is 0.909. The lowest BCUT2D eigenvalue weighted by molar-refractivity contribution is -0.122. The van der Waals surface area contributed by atoms with E-state index >= 15 is 0 Å². The van der Waals surface area contributed by atoms with Crippen molar-refractivity contribution in [3.8, 4) is 5.75 Å². The largest absolute Gasteiger partial charge is 0.494 e. The Morgan fingerprint density at radius 2 is 2.26 bits per heavy atom. The fraction of sp³-hybridized carbons (Fsp3) is 0.438. The molecule has 4 rings (SSSR count). The van der Waals surface area contributed by atoms with Gasteiger partial charge in [0, 0.05) is 18.5 Å². The molecule has 2 aliphatic rings. The molecule has 2 fully saturated rings. The molecule has 0 saturated carbocycles. The average Bonchev–Trinajstić information content (AvgIpc) is 2.96. The van der Waals surface area contributed by atoms with E-state index in [1.54, 1.807) is 12.1 Å². The summed E-state index contributed by atoms with van der Waals surface area (Å²) in [6.07, 6.45) is 3.17. The number of fused-ring (bicyclic) bond motifs is 2. The number of anilines is 1. The zero-order valence-corrected chi connectivity index (χ0v) is 12.8. The standard InChI is InChI=1S/C16H17FN4O2/c1-23-12-5-4-10-14(13(12)17)19-8-20-15(10)21-6-2-3-9-11(21)7-18-16(9)22/h4-5,8-9,11H,2-3,6-7H2,1H3,(H,18,22)/t9-,11-/m1/s1. The second kappa shape index (κ2) is 5.33. The Morgan fingerprint density at radius 1 is 1.39 bits per heavy atom. The Balaban J connectivity index is 1.82. The molecular weight excluding hydrogens is 299 g/mol. The first kappa shape index (κ1) is 14.2. The number of piperidine rings is 1. The molecule has 1 aromatic heterocycles. The predicted octanol–water partition coefficient (Wildman–Crippen LogP) is 1.49. The van der Waals surface area contributed by atoms with E-state index in [0.29, 0.717) is 17.7 Å². The van der Waals surface area contributed by atoms with Crippen molar-refractivity contribution < 1.29 is 13.9 Å². The number of halogens is 1. The maximum absolute atomic E-state index is 14.4. The number of benzene rings is 1. The van der Waals surface area contributed by atoms with Crippen LogP contribution in [0.15, 0.2) is 18.5 Å². The van der Waals surface area contributed by atoms with Crippen molar-refractivity contribution in [3.05, 3.63) is 24.3 Å². The monoisotopic (exact) mass is 316 g/mol. The minimum absolute atomic E-state index is 0.0168. The van der Waals surface area contributed by atoms with E-state index in [0.717, 1.165) is 19.4 Å². The van der Waals surface area contributed by atoms with Gasteiger partial charge in [-0.3, -0.25) is 4.79 Å². The van der Waals surface area contributed by atoms with Gasteiger partial charge in [-0.1, -0.05) is 0 Å². The average molecular weight is 316 g/mol. The number of methoxy groups -OCH3 is 1. The van der Waals surface area contributed by atoms with E-state index in [1.807, 2.05) is 0 Å². The first-order chi connectivity index (χ1) is 11.2. The highest BCUT2D eigenvalue weighted by molar-refractivity contribution is 5.92. The van der Waals surface area contributed by atoms with Crippen molar-refractivity contribution in [1.29, 1.82) is 0 Å². The minimum Gasteiger partial charge on any atom is -0.494 e. The molecule has 0 spiro atoms. The van der Waals surface area contributed by atoms with Crippen molar-refractivity contribution >= 4 is 22.6 Å². The van der Waals surface area contributed by atoms with Crippen LogP contribution in [0.2, 0.25) is 0 Å². The smallest absolute Gasteiger partial charge is 0.225 e. The Morgan fingerprint density at radius 3 is 3.09 bits per heavy atom. The highest BCUT2D eigenvalue weighted by Gasteiger charge is 2.41. The lowest BCUT2D eigenvalue weighted by atomic mass is 9.91. The van der Waals surface area contributed by atoms with Crippen LogP contribution in [0, 0.1) is 11.7 Å². The first-order valence-corrected chi connectivity index (χ1v) is 7.72. The van der Waals surface area contributed by atoms with Crippen LogP contribution in [-0.2, 0) is 4.79 Å². The van der Waals surface area contributed by atoms with Gasteiger partial charge < -0.3 is 15.0 Å². The SMILES string of the molecule is COc1ccc2c(N3CCC[C@H]4C(=O)NC[C@H]43)ncnc2c1F. The van der Waals surface area contributed by atoms with Crippen molar-refractivity contribution in [1.82, 2.24) is 15.3 Å². The third-order valence-electron chi connectivity index (χ3n) is 4.78. The maximum Gasteiger partial charge on any atom is 0.225 e. The van der Waals surface area contributed by atoms with Crippen molar-refractivity contribution in [3.63, 3.8) is 0 Å². The molecule has 2 aromatic rings. The predicted molar refractivity (Wildman–Crippen MR) is 82.9 cm³/mol. The summed E-state index contributed by atoms with van der Waals surface area (Å²) in [5, 5.41) is 3.57. The zero-order valence-electron chi connectivity index (χ0n) is 12.8. The number of amides is 1. The summed E-state index contributed by atoms with van der Waals surface area (Å²) in [6.45, 7) is 1.41. The number of nitrogens with one attached hydrogen (secondary N) is 1. The molecular formula is C16H17FN4O2. The van der Waals surface area contributed by atoms with E-state index in [2.05, 4.69) is 20.2 Å². The van der Waals surface area contributed by atoms with Gasteiger partial charge in [-0.15, -0.1) is 0 Å². The van der Waals surface area contributed by atoms with Gasteiger partial charge in [0.15, 0.2) is 11.6 Å². The van der Waals surface area contributed by atoms with Crippen molar-refractivity contribution in [2.75, 3.05) is 25.1 Å². The Bertz CT molecular complexity index is 782. The summed E-state index contributed by atoms with van der Waals surface area (Å²) in [7, 11) is 1.43. The molecule has 6 nitrogen and oxygen atoms in total. The number of nitrogens with zero attached hydrogens (tertiary/aromatic N) is 3. The topological polar surface area (TPSA) is 67.3 Å². The Kier molecular flexibility index (Phi) is 3.28. The summed E-state index contributed by atoms with van der Waals surface area (Å²) < 4.78 is 19.5. The number of rotatable bonds is 2. The van der Waals surface area contributed by atoms with Crippen LogP contribution in [-0.4, -0.2) is 42.1 Å². The van der Waals surface area contributed by atoms with E-state index in [-0.39, 0.29) is 29.1 Å². The Hall–Kier alpha value is -2.44. The molecule has 3 heterocycles. The molecule has 2 saturated heterocycles. The van der Waals surface area contributed by atoms with Gasteiger partial charge in [0.1, 0.15) is 17.7 Å². The third-order valence-corrected chi connectivity index (χ3v) is 4.78. The zero-order chi connectivity index (χ0) is 16.0. The molecule has 0 bridgehead atoms. The normalized spacial score (nSPS) is 23.7. The molecule has 1 amide bonds. The van der Waals surface area contributed by atoms with Crippen molar-refractivity contribution in [2.24, 2.45) is 5.92 Å². The van der Waals surface area contributed by atoms with Gasteiger partial charge in [-0.05, 0) is 25.0 Å². The second-order valence-electron chi connectivity index (χ2n) is 5.93. The fourth-order valence-electron chi connectivity index (χ4n) is 3.66. The molecule has 0 aliphatic carbocycles. The fourth-order valence-corrected chi connectivity index (χ4v) is 3.66. The van der Waals surface area contributed by atoms with E-state index in [9.17, 15) is 9.18 Å². The molecule has 23 heavy (non-hydrogen) atoms. The summed E-state index contributed by atoms with van der Waals surface area (Å²) in [4.78, 5) is 22.5. The molecule has 2 atom stereocenters. The second-order valence-corrected chi connectivity index (χ2v) is 5.93. The van der Waals surface area contributed by atoms with Crippen LogP contribution in [0.25, 0.3) is 10.9 Å². The minimum atomic E-state index is -0.483. The highest BCUT2D eigenvalue weighted by Crippen LogP contribution is 2.35. The van der Waals surface area contributed by atoms with Crippen LogP contribution in [0.3, 0.4) is 0 Å². The lowest BCUT2D eigenvalue weighted by Crippen LogP contribution is -2.46. The molecule has 0 unspecified atom stereocenters. The first-order valence-electron chi connectivity index (χ1n) is 7.72. The maximum atomic E-state index is 14.4. The Labute approximate surface area is 132 Å². The van der Waals surface area contributed by atoms with Gasteiger partial charge in [-0.25, -0.2) is 14.4 Å². The number of aromatic nitrogens is 2. The lowest BCUT2D eigenvalue weighted by Gasteiger charge is -2.37. The van der Waals surface area contributed by atoms with E-state index < -0.39 is 5.82 Å². The van der Waals surface area contributed by atoms with Gasteiger partial charge in [0.05, 0.1) is 19.1 Å². The van der Waals surface area contributed by atoms with E-state index in [4.69, 9.17) is 4.74 Å². The third kappa shape index (κ3) is 2.10. The summed E-state index contributed by atoms with van der Waals surface area (Å²) in [5.41, 5.74) is 0.244. The summed E-state index contributed by atoms with van der Waals surface area (Å²) >= 11 is 0. The molecule has 7 heteroatoms. The highest BCUT2D eigenvalue weighted by atomic mass is 19.1. The van der Waals surface area contributed by atoms with Gasteiger partial charge in [-0.2, -0.15) is 0 Å². The number of carbonyl (C=O) groups excluding carboxylic acids is 1. The number of ether oxygens (including phenoxy) is 1. The van der Waals surface area contributed by atoms with Crippen LogP contribution in [0.1, 0.15) is 12.8 Å². The van der Waals surface area contributed by atoms with Gasteiger partial charge in [0.25, 0.3) is 0 Å². The van der Waals surface area contributed by atoms with Gasteiger partial charge >= 0.3 is 0 Å². The summed E-state index contributed by atoms with van der Waals surface area (Å²) in [5.74, 6) is 0.449. The number of hydrogen-bond donors (Lipinski definition) is 1. The molecule has 2 aliphatic heterocycles. The van der Waals surface area contributed by atoms with Crippen LogP contribution in [0.5, 0.6) is 5.75 Å². The summed E-state index contributed by atoms with van der Waals surface area (Å²) in [6, 6.07) is 3.43. The van der Waals surface area contributed by atoms with Crippen LogP contribution >= 0.6 is 0 Å². The molecule has 0 radical (unpaired) electrons. The van der Waals surface area contributed by atoms with Crippen LogP contribution in [0.4, 0.5) is 10.2 Å². The molecule has 1 aromatic carbocycles. The number of carbonyl (C=O) groups is 1. The number of hydrogen-bond acceptors (Lipinski definition) is 5. The molecule has 1 N–H and O–H groups in total. The van der Waals surface area contributed by atoms with Gasteiger partial charge in [0.2, 0.25) is 5.91 Å². The van der Waals surface area contributed by atoms with E-state index in [1.165, 1.54) is 13.4 Å². The molecule has 120 valence electrons. The van der Waals surface area contributed by atoms with Crippen LogP contribution < -0.4 is 15.0 Å². The van der Waals surface area contributed by atoms with Crippen molar-refractivity contribution in [2.45, 2.75) is 18.9 Å².